The number of esters is 4. The zero-order chi connectivity index (χ0) is 33.6. The Hall–Kier alpha value is -2.36. The highest BCUT2D eigenvalue weighted by molar-refractivity contribution is 5.86. The van der Waals surface area contributed by atoms with Crippen LogP contribution >= 0.6 is 0 Å². The summed E-state index contributed by atoms with van der Waals surface area (Å²) >= 11 is 0. The van der Waals surface area contributed by atoms with E-state index in [2.05, 4.69) is 0 Å². The maximum Gasteiger partial charge on any atom is 0.348 e. The van der Waals surface area contributed by atoms with Crippen LogP contribution in [0.5, 0.6) is 0 Å². The van der Waals surface area contributed by atoms with Crippen molar-refractivity contribution in [3.05, 3.63) is 0 Å². The lowest BCUT2D eigenvalue weighted by Gasteiger charge is -2.29. The highest BCUT2D eigenvalue weighted by Gasteiger charge is 2.40. The molecule has 11 atom stereocenters. The lowest BCUT2D eigenvalue weighted by atomic mass is 9.99. The van der Waals surface area contributed by atoms with E-state index in [1.54, 1.807) is 55.4 Å². The summed E-state index contributed by atoms with van der Waals surface area (Å²) in [5.41, 5.74) is 0. The molecule has 6 N–H and O–H groups in total. The molecule has 0 aliphatic rings. The summed E-state index contributed by atoms with van der Waals surface area (Å²) in [5.74, 6) is -6.37. The van der Waals surface area contributed by atoms with Crippen LogP contribution in [0.3, 0.4) is 0 Å². The van der Waals surface area contributed by atoms with Crippen molar-refractivity contribution in [1.29, 1.82) is 0 Å². The van der Waals surface area contributed by atoms with E-state index in [0.29, 0.717) is 19.3 Å². The van der Waals surface area contributed by atoms with E-state index in [1.807, 2.05) is 0 Å². The largest absolute Gasteiger partial charge is 0.460 e. The minimum atomic E-state index is -1.97. The zero-order valence-electron chi connectivity index (χ0n) is 26.4. The lowest BCUT2D eigenvalue weighted by molar-refractivity contribution is -0.193. The van der Waals surface area contributed by atoms with Gasteiger partial charge in [0.05, 0.1) is 6.61 Å². The normalized spacial score (nSPS) is 19.4. The van der Waals surface area contributed by atoms with Gasteiger partial charge in [0.25, 0.3) is 0 Å². The van der Waals surface area contributed by atoms with E-state index in [9.17, 15) is 44.7 Å². The topological polar surface area (TPSA) is 227 Å². The van der Waals surface area contributed by atoms with Gasteiger partial charge in [0, 0.05) is 17.8 Å². The number of rotatable bonds is 20. The molecule has 0 heterocycles. The molecule has 0 aromatic carbocycles. The molecule has 0 rings (SSSR count). The first-order valence-corrected chi connectivity index (χ1v) is 14.8. The molecule has 43 heavy (non-hydrogen) atoms. The fourth-order valence-electron chi connectivity index (χ4n) is 3.62. The van der Waals surface area contributed by atoms with Crippen LogP contribution in [0.2, 0.25) is 0 Å². The fourth-order valence-corrected chi connectivity index (χ4v) is 3.62. The molecule has 0 saturated carbocycles. The van der Waals surface area contributed by atoms with Gasteiger partial charge in [-0.25, -0.2) is 19.2 Å². The predicted molar refractivity (Wildman–Crippen MR) is 151 cm³/mol. The van der Waals surface area contributed by atoms with Crippen molar-refractivity contribution in [2.24, 2.45) is 23.7 Å². The molecule has 14 heteroatoms. The summed E-state index contributed by atoms with van der Waals surface area (Å²) in [7, 11) is 0. The second-order valence-corrected chi connectivity index (χ2v) is 11.3. The first-order chi connectivity index (χ1) is 20.0. The second kappa shape index (κ2) is 19.8. The third-order valence-electron chi connectivity index (χ3n) is 7.50. The summed E-state index contributed by atoms with van der Waals surface area (Å²) in [6.45, 7) is 11.5. The van der Waals surface area contributed by atoms with E-state index >= 15 is 0 Å². The third kappa shape index (κ3) is 12.6. The Kier molecular flexibility index (Phi) is 18.7. The molecule has 0 spiro atoms. The van der Waals surface area contributed by atoms with E-state index in [-0.39, 0.29) is 0 Å². The zero-order valence-corrected chi connectivity index (χ0v) is 26.4. The Balaban J connectivity index is 5.75. The molecule has 0 amide bonds. The van der Waals surface area contributed by atoms with Gasteiger partial charge in [-0.2, -0.15) is 0 Å². The van der Waals surface area contributed by atoms with Crippen LogP contribution in [0.25, 0.3) is 0 Å². The Morgan fingerprint density at radius 3 is 1.37 bits per heavy atom. The van der Waals surface area contributed by atoms with Crippen molar-refractivity contribution in [3.8, 4) is 0 Å². The Labute approximate surface area is 253 Å². The molecule has 0 saturated heterocycles. The fraction of sp³-hybridized carbons (Fsp3) is 0.862. The minimum Gasteiger partial charge on any atom is -0.460 e. The smallest absolute Gasteiger partial charge is 0.348 e. The molecule has 0 bridgehead atoms. The third-order valence-corrected chi connectivity index (χ3v) is 7.50. The molecule has 0 radical (unpaired) electrons. The van der Waals surface area contributed by atoms with Gasteiger partial charge in [-0.1, -0.05) is 61.8 Å². The van der Waals surface area contributed by atoms with Crippen molar-refractivity contribution in [2.45, 2.75) is 123 Å². The second-order valence-electron chi connectivity index (χ2n) is 11.3. The van der Waals surface area contributed by atoms with Gasteiger partial charge in [0.1, 0.15) is 31.0 Å². The van der Waals surface area contributed by atoms with E-state index in [1.165, 1.54) is 0 Å². The summed E-state index contributed by atoms with van der Waals surface area (Å²) in [5, 5.41) is 58.3. The molecule has 0 aliphatic carbocycles. The van der Waals surface area contributed by atoms with Crippen molar-refractivity contribution < 1.29 is 68.8 Å². The van der Waals surface area contributed by atoms with Crippen LogP contribution in [0, 0.1) is 23.7 Å². The average molecular weight is 625 g/mol. The number of aliphatic hydroxyl groups is 6. The predicted octanol–water partition coefficient (Wildman–Crippen LogP) is -0.144. The number of carbonyl (C=O) groups is 4. The van der Waals surface area contributed by atoms with Gasteiger partial charge in [0.2, 0.25) is 18.3 Å². The molecule has 0 unspecified atom stereocenters. The number of carbonyl (C=O) groups excluding carboxylic acids is 4. The van der Waals surface area contributed by atoms with Crippen molar-refractivity contribution in [2.75, 3.05) is 13.2 Å². The van der Waals surface area contributed by atoms with E-state index in [4.69, 9.17) is 24.1 Å². The first kappa shape index (κ1) is 40.6. The van der Waals surface area contributed by atoms with Crippen molar-refractivity contribution in [3.63, 3.8) is 0 Å². The Morgan fingerprint density at radius 2 is 0.953 bits per heavy atom. The van der Waals surface area contributed by atoms with Gasteiger partial charge in [-0.05, 0) is 18.8 Å². The molecule has 14 nitrogen and oxygen atoms in total. The molecule has 0 aromatic heterocycles. The molecular weight excluding hydrogens is 572 g/mol. The van der Waals surface area contributed by atoms with Gasteiger partial charge in [-0.3, -0.25) is 0 Å². The highest BCUT2D eigenvalue weighted by atomic mass is 16.6. The number of aliphatic hydroxyl groups excluding tert-OH is 6. The van der Waals surface area contributed by atoms with Crippen LogP contribution in [0.15, 0.2) is 0 Å². The van der Waals surface area contributed by atoms with Crippen LogP contribution < -0.4 is 0 Å². The molecule has 0 fully saturated rings. The van der Waals surface area contributed by atoms with E-state index in [0.717, 1.165) is 0 Å². The van der Waals surface area contributed by atoms with Crippen molar-refractivity contribution >= 4 is 23.9 Å². The Bertz CT molecular complexity index is 864. The standard InChI is InChI=1S/C29H52O14/c1-9-15(6)20(33)26(36)41-23(14(4)5)28(38)43-25(17(8)11-3)29(39)42-24(16(7)10-2)27(37)40-13-19(32)22(35)21(34)18(31)12-30/h14-25,30-35H,9-13H2,1-8H3/t15-,16+,17+,18+,19-,20-,21+,22-,23-,24-,25-/m0/s1. The quantitative estimate of drug-likeness (QED) is 0.0765. The summed E-state index contributed by atoms with van der Waals surface area (Å²) in [6, 6.07) is 0. The number of hydrogen-bond donors (Lipinski definition) is 6. The summed E-state index contributed by atoms with van der Waals surface area (Å²) < 4.78 is 21.2. The first-order valence-electron chi connectivity index (χ1n) is 14.8. The average Bonchev–Trinajstić information content (AvgIpc) is 2.99. The van der Waals surface area contributed by atoms with Crippen LogP contribution in [0.1, 0.15) is 74.7 Å². The molecule has 0 aromatic rings. The van der Waals surface area contributed by atoms with Crippen LogP contribution in [0.4, 0.5) is 0 Å². The van der Waals surface area contributed by atoms with Crippen LogP contribution in [-0.4, -0.2) is 117 Å². The number of hydrogen-bond acceptors (Lipinski definition) is 14. The maximum absolute atomic E-state index is 13.3. The van der Waals surface area contributed by atoms with E-state index < -0.39 is 110 Å². The maximum atomic E-state index is 13.3. The molecule has 0 aliphatic heterocycles. The molecular formula is C29H52O14. The Morgan fingerprint density at radius 1 is 0.558 bits per heavy atom. The minimum absolute atomic E-state index is 0.345. The summed E-state index contributed by atoms with van der Waals surface area (Å²) in [4.78, 5) is 51.7. The highest BCUT2D eigenvalue weighted by Crippen LogP contribution is 2.22. The SMILES string of the molecule is CC[C@@H](C)[C@H](OC(=O)[C@@H](OC(=O)[C@@H](O)[C@@H](C)CC)C(C)C)C(=O)O[C@H](C(=O)OC[C@H](O)[C@H](O)[C@H](O)[C@H](O)CO)[C@H](C)CC. The number of ether oxygens (including phenoxy) is 4. The lowest BCUT2D eigenvalue weighted by Crippen LogP contribution is -2.48. The monoisotopic (exact) mass is 624 g/mol. The van der Waals surface area contributed by atoms with Gasteiger partial charge >= 0.3 is 23.9 Å². The summed E-state index contributed by atoms with van der Waals surface area (Å²) in [6.07, 6.45) is -12.2. The van der Waals surface area contributed by atoms with Gasteiger partial charge < -0.3 is 49.6 Å². The van der Waals surface area contributed by atoms with Gasteiger partial charge in [-0.15, -0.1) is 0 Å². The molecule has 252 valence electrons. The van der Waals surface area contributed by atoms with Crippen LogP contribution in [-0.2, 0) is 38.1 Å². The van der Waals surface area contributed by atoms with Crippen molar-refractivity contribution in [1.82, 2.24) is 0 Å². The van der Waals surface area contributed by atoms with Gasteiger partial charge in [0.15, 0.2) is 6.10 Å².